The van der Waals surface area contributed by atoms with Crippen molar-refractivity contribution in [1.82, 2.24) is 4.98 Å². The summed E-state index contributed by atoms with van der Waals surface area (Å²) in [6.07, 6.45) is 0. The number of aromatic carboxylic acids is 2. The van der Waals surface area contributed by atoms with Crippen molar-refractivity contribution in [2.45, 2.75) is 13.8 Å². The molecule has 8 heteroatoms. The van der Waals surface area contributed by atoms with Crippen LogP contribution in [-0.4, -0.2) is 40.2 Å². The van der Waals surface area contributed by atoms with E-state index < -0.39 is 11.9 Å². The summed E-state index contributed by atoms with van der Waals surface area (Å²) in [6.45, 7) is 5.86. The molecule has 5 rings (SSSR count). The predicted octanol–water partition coefficient (Wildman–Crippen LogP) is 5.09. The van der Waals surface area contributed by atoms with Crippen LogP contribution >= 0.6 is 0 Å². The second-order valence-electron chi connectivity index (χ2n) is 8.64. The van der Waals surface area contributed by atoms with Gasteiger partial charge in [0.1, 0.15) is 11.2 Å². The minimum atomic E-state index is -1.35. The first-order valence-corrected chi connectivity index (χ1v) is 12.0. The molecule has 38 heavy (non-hydrogen) atoms. The Bertz CT molecular complexity index is 1840. The van der Waals surface area contributed by atoms with Gasteiger partial charge in [0, 0.05) is 52.8 Å². The third-order valence-electron chi connectivity index (χ3n) is 6.39. The average Bonchev–Trinajstić information content (AvgIpc) is 2.91. The van der Waals surface area contributed by atoms with Crippen LogP contribution in [0.4, 0.5) is 5.69 Å². The Kier molecular flexibility index (Phi) is 6.27. The quantitative estimate of drug-likeness (QED) is 0.192. The Morgan fingerprint density at radius 2 is 1.53 bits per heavy atom. The molecule has 0 saturated carbocycles. The number of benzene rings is 4. The smallest absolute Gasteiger partial charge is 0.336 e. The van der Waals surface area contributed by atoms with Gasteiger partial charge >= 0.3 is 11.9 Å². The molecule has 2 aliphatic rings. The van der Waals surface area contributed by atoms with E-state index in [0.29, 0.717) is 44.5 Å². The van der Waals surface area contributed by atoms with Crippen molar-refractivity contribution >= 4 is 39.5 Å². The zero-order valence-electron chi connectivity index (χ0n) is 20.6. The first-order chi connectivity index (χ1) is 18.3. The van der Waals surface area contributed by atoms with Gasteiger partial charge in [-0.1, -0.05) is 11.8 Å². The zero-order chi connectivity index (χ0) is 27.0. The van der Waals surface area contributed by atoms with Gasteiger partial charge < -0.3 is 19.5 Å². The number of nitrogens with zero attached hydrogens (tertiary/aromatic N) is 2. The van der Waals surface area contributed by atoms with E-state index in [1.807, 2.05) is 18.2 Å². The second-order valence-corrected chi connectivity index (χ2v) is 8.64. The van der Waals surface area contributed by atoms with Gasteiger partial charge in [-0.25, -0.2) is 14.6 Å². The number of anilines is 1. The van der Waals surface area contributed by atoms with Gasteiger partial charge in [-0.15, -0.1) is 0 Å². The van der Waals surface area contributed by atoms with E-state index in [9.17, 15) is 24.6 Å². The number of carbonyl (C=O) groups is 2. The maximum atomic E-state index is 12.8. The monoisotopic (exact) mass is 506 g/mol. The standard InChI is InChI=1S/C30H22N2O6/c1-3-32(4-2)19-9-12-24-26(15-19)38-27-16-25(33)20-10-7-17(13-22(20)28(27)31-24)5-6-18-8-11-21(29(34)35)23(14-18)30(36)37/h7-16H,3-4H2,1-2H3,(H,34,35)(H,36,37). The van der Waals surface area contributed by atoms with Crippen LogP contribution in [0.5, 0.6) is 0 Å². The van der Waals surface area contributed by atoms with Crippen LogP contribution in [-0.2, 0) is 0 Å². The van der Waals surface area contributed by atoms with Crippen LogP contribution in [0.2, 0.25) is 0 Å². The lowest BCUT2D eigenvalue weighted by molar-refractivity contribution is 0.0651. The third-order valence-corrected chi connectivity index (χ3v) is 6.39. The summed E-state index contributed by atoms with van der Waals surface area (Å²) in [4.78, 5) is 42.6. The maximum absolute atomic E-state index is 12.8. The lowest BCUT2D eigenvalue weighted by Crippen LogP contribution is -2.21. The lowest BCUT2D eigenvalue weighted by atomic mass is 10.0. The minimum absolute atomic E-state index is 0.202. The normalized spacial score (nSPS) is 10.9. The molecule has 0 unspecified atom stereocenters. The van der Waals surface area contributed by atoms with E-state index in [1.165, 1.54) is 24.3 Å². The molecule has 1 aliphatic heterocycles. The molecule has 3 aromatic carbocycles. The Morgan fingerprint density at radius 1 is 0.842 bits per heavy atom. The molecule has 0 radical (unpaired) electrons. The molecule has 3 aromatic rings. The summed E-state index contributed by atoms with van der Waals surface area (Å²) < 4.78 is 6.12. The zero-order valence-corrected chi connectivity index (χ0v) is 20.6. The van der Waals surface area contributed by atoms with Crippen molar-refractivity contribution in [2.24, 2.45) is 0 Å². The van der Waals surface area contributed by atoms with Crippen molar-refractivity contribution in [3.8, 4) is 23.3 Å². The van der Waals surface area contributed by atoms with Crippen molar-refractivity contribution in [2.75, 3.05) is 18.0 Å². The molecule has 2 N–H and O–H groups in total. The van der Waals surface area contributed by atoms with E-state index in [4.69, 9.17) is 9.40 Å². The van der Waals surface area contributed by atoms with Crippen molar-refractivity contribution in [3.05, 3.63) is 93.1 Å². The summed E-state index contributed by atoms with van der Waals surface area (Å²) >= 11 is 0. The molecule has 0 atom stereocenters. The van der Waals surface area contributed by atoms with Crippen LogP contribution < -0.4 is 10.3 Å². The number of hydrogen-bond donors (Lipinski definition) is 2. The molecule has 0 saturated heterocycles. The average molecular weight is 507 g/mol. The van der Waals surface area contributed by atoms with Gasteiger partial charge in [-0.2, -0.15) is 0 Å². The fourth-order valence-electron chi connectivity index (χ4n) is 4.45. The molecule has 1 aliphatic carbocycles. The van der Waals surface area contributed by atoms with Crippen LogP contribution in [0.25, 0.3) is 33.3 Å². The fraction of sp³-hybridized carbons (Fsp3) is 0.133. The first kappa shape index (κ1) is 24.5. The SMILES string of the molecule is CCN(CC)c1ccc2nc3c4cc(C#Cc5ccc(C(=O)O)c(C(=O)O)c5)ccc4c(=O)cc-3oc2c1. The number of carboxylic acids is 2. The first-order valence-electron chi connectivity index (χ1n) is 12.0. The van der Waals surface area contributed by atoms with Gasteiger partial charge in [-0.3, -0.25) is 4.79 Å². The molecule has 8 nitrogen and oxygen atoms in total. The number of aromatic nitrogens is 1. The molecular formula is C30H22N2O6. The van der Waals surface area contributed by atoms with E-state index in [-0.39, 0.29) is 16.6 Å². The molecular weight excluding hydrogens is 484 g/mol. The third kappa shape index (κ3) is 4.42. The minimum Gasteiger partial charge on any atom is -0.478 e. The summed E-state index contributed by atoms with van der Waals surface area (Å²) in [5.41, 5.74) is 2.84. The molecule has 1 heterocycles. The Hall–Kier alpha value is -5.16. The largest absolute Gasteiger partial charge is 0.478 e. The highest BCUT2D eigenvalue weighted by Crippen LogP contribution is 2.32. The summed E-state index contributed by atoms with van der Waals surface area (Å²) in [5.74, 6) is 3.53. The van der Waals surface area contributed by atoms with Crippen LogP contribution in [0, 0.1) is 11.8 Å². The van der Waals surface area contributed by atoms with Crippen LogP contribution in [0.1, 0.15) is 45.7 Å². The number of rotatable bonds is 5. The summed E-state index contributed by atoms with van der Waals surface area (Å²) in [6, 6.07) is 16.3. The van der Waals surface area contributed by atoms with E-state index >= 15 is 0 Å². The summed E-state index contributed by atoms with van der Waals surface area (Å²) in [7, 11) is 0. The molecule has 0 bridgehead atoms. The maximum Gasteiger partial charge on any atom is 0.336 e. The number of hydrogen-bond acceptors (Lipinski definition) is 6. The van der Waals surface area contributed by atoms with Crippen molar-refractivity contribution in [1.29, 1.82) is 0 Å². The Morgan fingerprint density at radius 3 is 2.21 bits per heavy atom. The predicted molar refractivity (Wildman–Crippen MR) is 144 cm³/mol. The topological polar surface area (TPSA) is 121 Å². The highest BCUT2D eigenvalue weighted by molar-refractivity contribution is 6.02. The van der Waals surface area contributed by atoms with Crippen LogP contribution in [0.15, 0.2) is 69.9 Å². The summed E-state index contributed by atoms with van der Waals surface area (Å²) in [5, 5.41) is 19.6. The number of fused-ring (bicyclic) bond motifs is 4. The molecule has 188 valence electrons. The Balaban J connectivity index is 1.61. The lowest BCUT2D eigenvalue weighted by Gasteiger charge is -2.21. The van der Waals surface area contributed by atoms with Gasteiger partial charge in [0.05, 0.1) is 11.1 Å². The van der Waals surface area contributed by atoms with E-state index in [1.54, 1.807) is 18.2 Å². The van der Waals surface area contributed by atoms with Gasteiger partial charge in [0.2, 0.25) is 0 Å². The van der Waals surface area contributed by atoms with Gasteiger partial charge in [0.25, 0.3) is 0 Å². The van der Waals surface area contributed by atoms with Crippen LogP contribution in [0.3, 0.4) is 0 Å². The molecule has 0 fully saturated rings. The second kappa shape index (κ2) is 9.71. The molecule has 0 amide bonds. The Labute approximate surface area is 217 Å². The molecule has 0 spiro atoms. The van der Waals surface area contributed by atoms with Crippen molar-refractivity contribution < 1.29 is 24.2 Å². The van der Waals surface area contributed by atoms with E-state index in [2.05, 4.69) is 30.6 Å². The highest BCUT2D eigenvalue weighted by Gasteiger charge is 2.18. The fourth-order valence-corrected chi connectivity index (χ4v) is 4.45. The van der Waals surface area contributed by atoms with E-state index in [0.717, 1.165) is 18.8 Å². The van der Waals surface area contributed by atoms with Gasteiger partial charge in [-0.05, 0) is 62.4 Å². The van der Waals surface area contributed by atoms with Gasteiger partial charge in [0.15, 0.2) is 16.8 Å². The van der Waals surface area contributed by atoms with Crippen molar-refractivity contribution in [3.63, 3.8) is 0 Å². The molecule has 0 aromatic heterocycles. The highest BCUT2D eigenvalue weighted by atomic mass is 16.4. The number of carboxylic acid groups (broad SMARTS) is 2.